The minimum atomic E-state index is -2.54. The van der Waals surface area contributed by atoms with Gasteiger partial charge in [0.05, 0.1) is 16.1 Å². The van der Waals surface area contributed by atoms with Crippen molar-refractivity contribution in [1.29, 1.82) is 0 Å². The standard InChI is InChI=1S/C10H9F2N3O2/c1-6-8-3-2-7(15(16)17)4-9(8)14(13-6)5-10(11)12/h2-4,10H,5H2,1H3. The Morgan fingerprint density at radius 2 is 2.24 bits per heavy atom. The Labute approximate surface area is 94.8 Å². The first-order valence-electron chi connectivity index (χ1n) is 4.88. The van der Waals surface area contributed by atoms with Gasteiger partial charge in [-0.3, -0.25) is 14.8 Å². The number of halogens is 2. The van der Waals surface area contributed by atoms with Gasteiger partial charge in [-0.25, -0.2) is 8.78 Å². The average molecular weight is 241 g/mol. The quantitative estimate of drug-likeness (QED) is 0.612. The molecule has 7 heteroatoms. The molecule has 0 N–H and O–H groups in total. The van der Waals surface area contributed by atoms with Crippen LogP contribution < -0.4 is 0 Å². The molecule has 0 aliphatic carbocycles. The summed E-state index contributed by atoms with van der Waals surface area (Å²) < 4.78 is 25.7. The molecule has 0 unspecified atom stereocenters. The number of hydrogen-bond donors (Lipinski definition) is 0. The predicted octanol–water partition coefficient (Wildman–Crippen LogP) is 2.52. The molecule has 2 rings (SSSR count). The van der Waals surface area contributed by atoms with E-state index in [1.54, 1.807) is 6.92 Å². The van der Waals surface area contributed by atoms with Gasteiger partial charge >= 0.3 is 0 Å². The molecule has 0 saturated heterocycles. The van der Waals surface area contributed by atoms with E-state index in [1.807, 2.05) is 0 Å². The molecule has 0 aliphatic rings. The first kappa shape index (κ1) is 11.4. The van der Waals surface area contributed by atoms with E-state index in [4.69, 9.17) is 0 Å². The highest BCUT2D eigenvalue weighted by atomic mass is 19.3. The number of non-ortho nitro benzene ring substituents is 1. The molecular weight excluding hydrogens is 232 g/mol. The number of rotatable bonds is 3. The summed E-state index contributed by atoms with van der Waals surface area (Å²) in [5, 5.41) is 15.2. The summed E-state index contributed by atoms with van der Waals surface area (Å²) in [7, 11) is 0. The topological polar surface area (TPSA) is 61.0 Å². The van der Waals surface area contributed by atoms with Gasteiger partial charge in [0.25, 0.3) is 12.1 Å². The predicted molar refractivity (Wildman–Crippen MR) is 57.1 cm³/mol. The molecule has 90 valence electrons. The molecule has 0 saturated carbocycles. The van der Waals surface area contributed by atoms with Crippen LogP contribution in [0.4, 0.5) is 14.5 Å². The Kier molecular flexibility index (Phi) is 2.74. The number of fused-ring (bicyclic) bond motifs is 1. The molecule has 0 fully saturated rings. The van der Waals surface area contributed by atoms with Gasteiger partial charge in [-0.1, -0.05) is 0 Å². The van der Waals surface area contributed by atoms with Gasteiger partial charge in [0.15, 0.2) is 0 Å². The average Bonchev–Trinajstić information content (AvgIpc) is 2.54. The maximum atomic E-state index is 12.3. The smallest absolute Gasteiger partial charge is 0.259 e. The number of nitrogens with zero attached hydrogens (tertiary/aromatic N) is 3. The third-order valence-electron chi connectivity index (χ3n) is 2.44. The van der Waals surface area contributed by atoms with Gasteiger partial charge < -0.3 is 0 Å². The molecule has 17 heavy (non-hydrogen) atoms. The van der Waals surface area contributed by atoms with Gasteiger partial charge in [-0.2, -0.15) is 5.10 Å². The Hall–Kier alpha value is -2.05. The summed E-state index contributed by atoms with van der Waals surface area (Å²) in [4.78, 5) is 10.1. The zero-order chi connectivity index (χ0) is 12.6. The summed E-state index contributed by atoms with van der Waals surface area (Å²) in [6.45, 7) is 1.11. The van der Waals surface area contributed by atoms with E-state index in [-0.39, 0.29) is 5.69 Å². The number of alkyl halides is 2. The van der Waals surface area contributed by atoms with Crippen LogP contribution in [-0.4, -0.2) is 21.1 Å². The van der Waals surface area contributed by atoms with Crippen molar-refractivity contribution in [2.45, 2.75) is 19.9 Å². The zero-order valence-corrected chi connectivity index (χ0v) is 8.93. The van der Waals surface area contributed by atoms with Crippen molar-refractivity contribution in [2.75, 3.05) is 0 Å². The van der Waals surface area contributed by atoms with E-state index in [0.29, 0.717) is 16.6 Å². The van der Waals surface area contributed by atoms with E-state index in [1.165, 1.54) is 18.2 Å². The Balaban J connectivity index is 2.60. The molecular formula is C10H9F2N3O2. The van der Waals surface area contributed by atoms with Gasteiger partial charge in [0, 0.05) is 17.5 Å². The largest absolute Gasteiger partial charge is 0.271 e. The van der Waals surface area contributed by atoms with Crippen LogP contribution in [0, 0.1) is 17.0 Å². The van der Waals surface area contributed by atoms with Gasteiger partial charge in [0.2, 0.25) is 0 Å². The van der Waals surface area contributed by atoms with Crippen LogP contribution >= 0.6 is 0 Å². The number of hydrogen-bond acceptors (Lipinski definition) is 3. The van der Waals surface area contributed by atoms with E-state index in [9.17, 15) is 18.9 Å². The van der Waals surface area contributed by atoms with E-state index in [0.717, 1.165) is 4.68 Å². The first-order valence-corrected chi connectivity index (χ1v) is 4.88. The summed E-state index contributed by atoms with van der Waals surface area (Å²) in [6, 6.07) is 4.12. The fraction of sp³-hybridized carbons (Fsp3) is 0.300. The van der Waals surface area contributed by atoms with Crippen molar-refractivity contribution >= 4 is 16.6 Å². The second kappa shape index (κ2) is 4.08. The van der Waals surface area contributed by atoms with Crippen molar-refractivity contribution in [1.82, 2.24) is 9.78 Å². The van der Waals surface area contributed by atoms with E-state index >= 15 is 0 Å². The normalized spacial score (nSPS) is 11.3. The van der Waals surface area contributed by atoms with Crippen molar-refractivity contribution in [3.63, 3.8) is 0 Å². The highest BCUT2D eigenvalue weighted by Crippen LogP contribution is 2.23. The Morgan fingerprint density at radius 1 is 1.53 bits per heavy atom. The molecule has 0 bridgehead atoms. The lowest BCUT2D eigenvalue weighted by Gasteiger charge is -2.01. The molecule has 1 aromatic carbocycles. The fourth-order valence-electron chi connectivity index (χ4n) is 1.71. The Morgan fingerprint density at radius 3 is 2.82 bits per heavy atom. The first-order chi connectivity index (χ1) is 7.99. The maximum absolute atomic E-state index is 12.3. The summed E-state index contributed by atoms with van der Waals surface area (Å²) >= 11 is 0. The van der Waals surface area contributed by atoms with Crippen LogP contribution in [0.1, 0.15) is 5.69 Å². The highest BCUT2D eigenvalue weighted by Gasteiger charge is 2.15. The van der Waals surface area contributed by atoms with Crippen LogP contribution in [-0.2, 0) is 6.54 Å². The van der Waals surface area contributed by atoms with Crippen molar-refractivity contribution < 1.29 is 13.7 Å². The molecule has 0 aliphatic heterocycles. The number of aromatic nitrogens is 2. The molecule has 1 aromatic heterocycles. The second-order valence-electron chi connectivity index (χ2n) is 3.62. The molecule has 0 radical (unpaired) electrons. The molecule has 2 aromatic rings. The van der Waals surface area contributed by atoms with Crippen LogP contribution in [0.25, 0.3) is 10.9 Å². The monoisotopic (exact) mass is 241 g/mol. The molecule has 0 atom stereocenters. The summed E-state index contributed by atoms with van der Waals surface area (Å²) in [5.41, 5.74) is 0.806. The van der Waals surface area contributed by atoms with Crippen LogP contribution in [0.2, 0.25) is 0 Å². The minimum absolute atomic E-state index is 0.132. The van der Waals surface area contributed by atoms with Crippen molar-refractivity contribution in [3.8, 4) is 0 Å². The van der Waals surface area contributed by atoms with E-state index in [2.05, 4.69) is 5.10 Å². The highest BCUT2D eigenvalue weighted by molar-refractivity contribution is 5.83. The van der Waals surface area contributed by atoms with Crippen LogP contribution in [0.5, 0.6) is 0 Å². The van der Waals surface area contributed by atoms with Crippen molar-refractivity contribution in [3.05, 3.63) is 34.0 Å². The number of nitro benzene ring substituents is 1. The minimum Gasteiger partial charge on any atom is -0.259 e. The molecule has 0 amide bonds. The van der Waals surface area contributed by atoms with Gasteiger partial charge in [0.1, 0.15) is 6.54 Å². The SMILES string of the molecule is Cc1nn(CC(F)F)c2cc([N+](=O)[O-])ccc12. The lowest BCUT2D eigenvalue weighted by Crippen LogP contribution is -2.08. The Bertz CT molecular complexity index is 580. The molecule has 0 spiro atoms. The second-order valence-corrected chi connectivity index (χ2v) is 3.62. The fourth-order valence-corrected chi connectivity index (χ4v) is 1.71. The molecule has 5 nitrogen and oxygen atoms in total. The number of nitro groups is 1. The van der Waals surface area contributed by atoms with Crippen LogP contribution in [0.3, 0.4) is 0 Å². The number of benzene rings is 1. The van der Waals surface area contributed by atoms with Crippen molar-refractivity contribution in [2.24, 2.45) is 0 Å². The zero-order valence-electron chi connectivity index (χ0n) is 8.93. The third-order valence-corrected chi connectivity index (χ3v) is 2.44. The lowest BCUT2D eigenvalue weighted by atomic mass is 10.2. The summed E-state index contributed by atoms with van der Waals surface area (Å²) in [6.07, 6.45) is -2.54. The van der Waals surface area contributed by atoms with Gasteiger partial charge in [-0.05, 0) is 13.0 Å². The van der Waals surface area contributed by atoms with E-state index < -0.39 is 17.9 Å². The summed E-state index contributed by atoms with van der Waals surface area (Å²) in [5.74, 6) is 0. The van der Waals surface area contributed by atoms with Crippen LogP contribution in [0.15, 0.2) is 18.2 Å². The maximum Gasteiger partial charge on any atom is 0.271 e. The molecule has 1 heterocycles. The lowest BCUT2D eigenvalue weighted by molar-refractivity contribution is -0.384. The van der Waals surface area contributed by atoms with Gasteiger partial charge in [-0.15, -0.1) is 0 Å². The number of aryl methyl sites for hydroxylation is 1. The third kappa shape index (κ3) is 2.08.